The van der Waals surface area contributed by atoms with Gasteiger partial charge in [-0.15, -0.1) is 0 Å². The first-order valence-corrected chi connectivity index (χ1v) is 8.70. The third kappa shape index (κ3) is 3.27. The minimum Gasteiger partial charge on any atom is -0.466 e. The summed E-state index contributed by atoms with van der Waals surface area (Å²) in [6.45, 7) is 3.50. The van der Waals surface area contributed by atoms with Crippen molar-refractivity contribution >= 4 is 12.0 Å². The van der Waals surface area contributed by atoms with Crippen molar-refractivity contribution in [2.24, 2.45) is 0 Å². The molecule has 0 unspecified atom stereocenters. The smallest absolute Gasteiger partial charge is 0.246 e. The molecule has 2 aromatic rings. The van der Waals surface area contributed by atoms with Crippen LogP contribution in [0.4, 0.5) is 0 Å². The molecule has 2 aliphatic heterocycles. The molecule has 0 saturated heterocycles. The van der Waals surface area contributed by atoms with Gasteiger partial charge in [0.05, 0.1) is 0 Å². The SMILES string of the molecule is CCN(Cc1cc2oc1CCC2)C(=O)/C=C/c1ccc2c(c1)OCO2. The van der Waals surface area contributed by atoms with Crippen LogP contribution in [-0.4, -0.2) is 24.1 Å². The highest BCUT2D eigenvalue weighted by atomic mass is 16.7. The van der Waals surface area contributed by atoms with Crippen LogP contribution < -0.4 is 9.47 Å². The molecule has 0 spiro atoms. The monoisotopic (exact) mass is 339 g/mol. The van der Waals surface area contributed by atoms with Crippen molar-refractivity contribution in [3.63, 3.8) is 0 Å². The number of furan rings is 1. The van der Waals surface area contributed by atoms with Crippen LogP contribution in [-0.2, 0) is 24.2 Å². The molecule has 1 amide bonds. The van der Waals surface area contributed by atoms with Crippen LogP contribution in [0.5, 0.6) is 11.5 Å². The normalized spacial score (nSPS) is 14.9. The molecule has 5 heteroatoms. The standard InChI is InChI=1S/C20H21NO4/c1-2-21(12-15-11-16-4-3-5-17(15)25-16)20(22)9-7-14-6-8-18-19(10-14)24-13-23-18/h6-11H,2-5,12-13H2,1H3/b9-7+. The Labute approximate surface area is 146 Å². The maximum Gasteiger partial charge on any atom is 0.246 e. The van der Waals surface area contributed by atoms with Crippen LogP contribution in [0.15, 0.2) is 34.8 Å². The summed E-state index contributed by atoms with van der Waals surface area (Å²) in [6.07, 6.45) is 6.52. The number of hydrogen-bond donors (Lipinski definition) is 0. The highest BCUT2D eigenvalue weighted by molar-refractivity contribution is 5.91. The molecule has 1 aromatic heterocycles. The van der Waals surface area contributed by atoms with Crippen LogP contribution in [0, 0.1) is 0 Å². The van der Waals surface area contributed by atoms with E-state index in [2.05, 4.69) is 6.07 Å². The first-order chi connectivity index (χ1) is 12.2. The minimum atomic E-state index is -0.00638. The minimum absolute atomic E-state index is 0.00638. The van der Waals surface area contributed by atoms with E-state index in [-0.39, 0.29) is 12.7 Å². The Hall–Kier alpha value is -2.69. The molecule has 3 heterocycles. The summed E-state index contributed by atoms with van der Waals surface area (Å²) in [5.41, 5.74) is 2.05. The molecule has 2 aliphatic rings. The quantitative estimate of drug-likeness (QED) is 0.782. The van der Waals surface area contributed by atoms with Gasteiger partial charge in [0.2, 0.25) is 12.7 Å². The largest absolute Gasteiger partial charge is 0.466 e. The predicted molar refractivity (Wildman–Crippen MR) is 93.4 cm³/mol. The van der Waals surface area contributed by atoms with Crippen LogP contribution in [0.2, 0.25) is 0 Å². The van der Waals surface area contributed by atoms with Crippen LogP contribution in [0.1, 0.15) is 36.0 Å². The molecule has 1 aromatic carbocycles. The molecule has 2 bridgehead atoms. The number of likely N-dealkylation sites (N-methyl/N-ethyl adjacent to an activating group) is 1. The Kier molecular flexibility index (Phi) is 4.22. The first-order valence-electron chi connectivity index (χ1n) is 8.70. The van der Waals surface area contributed by atoms with Crippen LogP contribution in [0.25, 0.3) is 6.08 Å². The Bertz CT molecular complexity index is 821. The fourth-order valence-electron chi connectivity index (χ4n) is 3.26. The lowest BCUT2D eigenvalue weighted by Gasteiger charge is -2.19. The lowest BCUT2D eigenvalue weighted by atomic mass is 10.1. The number of ether oxygens (including phenoxy) is 2. The topological polar surface area (TPSA) is 51.9 Å². The number of rotatable bonds is 5. The van der Waals surface area contributed by atoms with Gasteiger partial charge in [0.25, 0.3) is 0 Å². The summed E-state index contributed by atoms with van der Waals surface area (Å²) in [4.78, 5) is 14.4. The lowest BCUT2D eigenvalue weighted by molar-refractivity contribution is -0.126. The Morgan fingerprint density at radius 1 is 1.20 bits per heavy atom. The van der Waals surface area contributed by atoms with Crippen molar-refractivity contribution in [1.82, 2.24) is 4.90 Å². The van der Waals surface area contributed by atoms with Crippen molar-refractivity contribution < 1.29 is 18.7 Å². The number of amides is 1. The highest BCUT2D eigenvalue weighted by Crippen LogP contribution is 2.32. The van der Waals surface area contributed by atoms with Crippen molar-refractivity contribution in [2.45, 2.75) is 32.7 Å². The van der Waals surface area contributed by atoms with E-state index in [4.69, 9.17) is 13.9 Å². The van der Waals surface area contributed by atoms with Crippen molar-refractivity contribution in [3.05, 3.63) is 53.0 Å². The Morgan fingerprint density at radius 2 is 2.08 bits per heavy atom. The zero-order valence-electron chi connectivity index (χ0n) is 14.3. The maximum atomic E-state index is 12.6. The predicted octanol–water partition coefficient (Wildman–Crippen LogP) is 3.56. The van der Waals surface area contributed by atoms with Crippen molar-refractivity contribution in [1.29, 1.82) is 0 Å². The van der Waals surface area contributed by atoms with Gasteiger partial charge in [-0.1, -0.05) is 6.07 Å². The van der Waals surface area contributed by atoms with Gasteiger partial charge in [-0.3, -0.25) is 4.79 Å². The average Bonchev–Trinajstić information content (AvgIpc) is 3.21. The number of aryl methyl sites for hydroxylation is 2. The second kappa shape index (κ2) is 6.67. The molecule has 0 aliphatic carbocycles. The third-order valence-electron chi connectivity index (χ3n) is 4.64. The van der Waals surface area contributed by atoms with Gasteiger partial charge in [0.1, 0.15) is 11.5 Å². The number of carbonyl (C=O) groups excluding carboxylic acids is 1. The summed E-state index contributed by atoms with van der Waals surface area (Å²) < 4.78 is 16.4. The van der Waals surface area contributed by atoms with E-state index in [1.165, 1.54) is 0 Å². The van der Waals surface area contributed by atoms with E-state index in [1.54, 1.807) is 6.08 Å². The second-order valence-electron chi connectivity index (χ2n) is 6.31. The fraction of sp³-hybridized carbons (Fsp3) is 0.350. The molecule has 0 N–H and O–H groups in total. The molecule has 130 valence electrons. The second-order valence-corrected chi connectivity index (χ2v) is 6.31. The molecule has 25 heavy (non-hydrogen) atoms. The van der Waals surface area contributed by atoms with E-state index in [1.807, 2.05) is 36.1 Å². The average molecular weight is 339 g/mol. The first kappa shape index (κ1) is 15.8. The van der Waals surface area contributed by atoms with Gasteiger partial charge >= 0.3 is 0 Å². The summed E-state index contributed by atoms with van der Waals surface area (Å²) in [5.74, 6) is 3.53. The molecular formula is C20H21NO4. The molecule has 0 radical (unpaired) electrons. The zero-order chi connectivity index (χ0) is 17.2. The summed E-state index contributed by atoms with van der Waals surface area (Å²) in [6, 6.07) is 7.75. The summed E-state index contributed by atoms with van der Waals surface area (Å²) in [7, 11) is 0. The molecular weight excluding hydrogens is 318 g/mol. The molecule has 0 saturated carbocycles. The lowest BCUT2D eigenvalue weighted by Crippen LogP contribution is -2.28. The van der Waals surface area contributed by atoms with E-state index in [9.17, 15) is 4.79 Å². The highest BCUT2D eigenvalue weighted by Gasteiger charge is 2.19. The molecule has 0 atom stereocenters. The number of nitrogens with zero attached hydrogens (tertiary/aromatic N) is 1. The van der Waals surface area contributed by atoms with E-state index in [0.29, 0.717) is 13.1 Å². The number of fused-ring (bicyclic) bond motifs is 3. The maximum absolute atomic E-state index is 12.6. The van der Waals surface area contributed by atoms with Crippen LogP contribution in [0.3, 0.4) is 0 Å². The fourth-order valence-corrected chi connectivity index (χ4v) is 3.26. The molecule has 4 rings (SSSR count). The Morgan fingerprint density at radius 3 is 2.92 bits per heavy atom. The zero-order valence-corrected chi connectivity index (χ0v) is 14.3. The Balaban J connectivity index is 1.45. The number of benzene rings is 1. The number of carbonyl (C=O) groups is 1. The number of hydrogen-bond acceptors (Lipinski definition) is 4. The van der Waals surface area contributed by atoms with Gasteiger partial charge in [0, 0.05) is 37.6 Å². The van der Waals surface area contributed by atoms with Gasteiger partial charge in [-0.25, -0.2) is 0 Å². The van der Waals surface area contributed by atoms with Crippen LogP contribution >= 0.6 is 0 Å². The van der Waals surface area contributed by atoms with Crippen molar-refractivity contribution in [2.75, 3.05) is 13.3 Å². The molecule has 5 nitrogen and oxygen atoms in total. The molecule has 0 fully saturated rings. The van der Waals surface area contributed by atoms with E-state index < -0.39 is 0 Å². The summed E-state index contributed by atoms with van der Waals surface area (Å²) in [5, 5.41) is 0. The van der Waals surface area contributed by atoms with Gasteiger partial charge in [-0.2, -0.15) is 0 Å². The third-order valence-corrected chi connectivity index (χ3v) is 4.64. The van der Waals surface area contributed by atoms with Crippen molar-refractivity contribution in [3.8, 4) is 11.5 Å². The summed E-state index contributed by atoms with van der Waals surface area (Å²) >= 11 is 0. The van der Waals surface area contributed by atoms with E-state index in [0.717, 1.165) is 53.4 Å². The van der Waals surface area contributed by atoms with Gasteiger partial charge in [0.15, 0.2) is 11.5 Å². The van der Waals surface area contributed by atoms with Gasteiger partial charge < -0.3 is 18.8 Å². The van der Waals surface area contributed by atoms with Gasteiger partial charge in [-0.05, 0) is 43.2 Å². The van der Waals surface area contributed by atoms with E-state index >= 15 is 0 Å².